The number of primary amides is 1. The molecule has 0 saturated heterocycles. The number of amides is 2. The minimum absolute atomic E-state index is 0.0245. The van der Waals surface area contributed by atoms with Gasteiger partial charge in [0.15, 0.2) is 5.96 Å². The average Bonchev–Trinajstić information content (AvgIpc) is 2.80. The number of aliphatic imine (C=N–C) groups is 1. The Labute approximate surface area is 199 Å². The highest BCUT2D eigenvalue weighted by molar-refractivity contribution is 5.98. The highest BCUT2D eigenvalue weighted by atomic mass is 16.5. The fraction of sp³-hybridized carbons (Fsp3) is 0.400. The molecule has 1 aliphatic rings. The van der Waals surface area contributed by atoms with Crippen LogP contribution in [0.1, 0.15) is 54.4 Å². The Hall–Kier alpha value is -3.59. The van der Waals surface area contributed by atoms with E-state index in [2.05, 4.69) is 10.3 Å². The Kier molecular flexibility index (Phi) is 8.86. The molecule has 0 aliphatic heterocycles. The minimum atomic E-state index is -0.777. The Morgan fingerprint density at radius 2 is 1.74 bits per heavy atom. The fourth-order valence-corrected chi connectivity index (χ4v) is 4.17. The first kappa shape index (κ1) is 25.0. The summed E-state index contributed by atoms with van der Waals surface area (Å²) < 4.78 is 5.91. The zero-order valence-corrected chi connectivity index (χ0v) is 19.3. The molecule has 0 unspecified atom stereocenters. The summed E-state index contributed by atoms with van der Waals surface area (Å²) >= 11 is 0. The van der Waals surface area contributed by atoms with Crippen LogP contribution in [0.2, 0.25) is 0 Å². The molecule has 0 bridgehead atoms. The van der Waals surface area contributed by atoms with Gasteiger partial charge in [-0.15, -0.1) is 0 Å². The third kappa shape index (κ3) is 7.48. The van der Waals surface area contributed by atoms with Gasteiger partial charge in [0.05, 0.1) is 23.9 Å². The van der Waals surface area contributed by atoms with Crippen LogP contribution in [0.25, 0.3) is 0 Å². The molecule has 1 atom stereocenters. The van der Waals surface area contributed by atoms with Gasteiger partial charge >= 0.3 is 0 Å². The number of hydrogen-bond donors (Lipinski definition) is 5. The highest BCUT2D eigenvalue weighted by Gasteiger charge is 2.18. The molecule has 9 N–H and O–H groups in total. The molecule has 9 heteroatoms. The van der Waals surface area contributed by atoms with Crippen LogP contribution in [-0.4, -0.2) is 30.4 Å². The van der Waals surface area contributed by atoms with E-state index in [9.17, 15) is 9.59 Å². The van der Waals surface area contributed by atoms with Crippen molar-refractivity contribution in [1.29, 1.82) is 0 Å². The number of ether oxygens (including phenoxy) is 1. The second kappa shape index (κ2) is 12.0. The molecule has 1 saturated carbocycles. The van der Waals surface area contributed by atoms with E-state index in [0.29, 0.717) is 36.1 Å². The van der Waals surface area contributed by atoms with E-state index < -0.39 is 11.9 Å². The normalized spacial score (nSPS) is 14.7. The summed E-state index contributed by atoms with van der Waals surface area (Å²) in [5.41, 5.74) is 24.6. The smallest absolute Gasteiger partial charge is 0.252 e. The minimum Gasteiger partial charge on any atom is -0.493 e. The van der Waals surface area contributed by atoms with Crippen molar-refractivity contribution >= 4 is 29.1 Å². The van der Waals surface area contributed by atoms with Gasteiger partial charge in [-0.05, 0) is 48.6 Å². The number of guanidine groups is 1. The number of benzene rings is 2. The Morgan fingerprint density at radius 1 is 1.03 bits per heavy atom. The maximum atomic E-state index is 12.7. The summed E-state index contributed by atoms with van der Waals surface area (Å²) in [5, 5.41) is 2.79. The molecule has 1 fully saturated rings. The summed E-state index contributed by atoms with van der Waals surface area (Å²) in [6.07, 6.45) is 7.53. The van der Waals surface area contributed by atoms with Crippen LogP contribution in [0.3, 0.4) is 0 Å². The van der Waals surface area contributed by atoms with Crippen molar-refractivity contribution in [1.82, 2.24) is 0 Å². The predicted molar refractivity (Wildman–Crippen MR) is 134 cm³/mol. The van der Waals surface area contributed by atoms with Crippen molar-refractivity contribution in [3.8, 4) is 5.75 Å². The molecule has 2 aromatic carbocycles. The van der Waals surface area contributed by atoms with Gasteiger partial charge in [0, 0.05) is 11.8 Å². The summed E-state index contributed by atoms with van der Waals surface area (Å²) in [5.74, 6) is 0.0633. The molecule has 0 radical (unpaired) electrons. The largest absolute Gasteiger partial charge is 0.493 e. The lowest BCUT2D eigenvalue weighted by molar-refractivity contribution is -0.117. The number of rotatable bonds is 10. The SMILES string of the molecule is NC(=O)c1ccc(NC(=O)[C@@H](N)Cc2ccc(N=C(N)N)cc2)cc1OCCC1CCCCC1. The Balaban J connectivity index is 1.59. The lowest BCUT2D eigenvalue weighted by Crippen LogP contribution is -2.37. The number of carbonyl (C=O) groups is 2. The summed E-state index contributed by atoms with van der Waals surface area (Å²) in [6, 6.07) is 11.1. The second-order valence-electron chi connectivity index (χ2n) is 8.72. The number of nitrogens with one attached hydrogen (secondary N) is 1. The molecule has 34 heavy (non-hydrogen) atoms. The van der Waals surface area contributed by atoms with Crippen molar-refractivity contribution in [2.24, 2.45) is 33.8 Å². The van der Waals surface area contributed by atoms with E-state index in [1.165, 1.54) is 32.1 Å². The standard InChI is InChI=1S/C25H34N6O3/c26-21(14-17-6-8-18(9-7-17)31-25(28)29)24(33)30-19-10-11-20(23(27)32)22(15-19)34-13-12-16-4-2-1-3-5-16/h6-11,15-16,21H,1-5,12-14,26H2,(H2,27,32)(H,30,33)(H4,28,29,31)/t21-/m0/s1. The van der Waals surface area contributed by atoms with E-state index >= 15 is 0 Å². The van der Waals surface area contributed by atoms with Crippen LogP contribution in [0.5, 0.6) is 5.75 Å². The maximum Gasteiger partial charge on any atom is 0.252 e. The van der Waals surface area contributed by atoms with Crippen LogP contribution in [-0.2, 0) is 11.2 Å². The lowest BCUT2D eigenvalue weighted by atomic mass is 9.87. The van der Waals surface area contributed by atoms with Crippen molar-refractivity contribution < 1.29 is 14.3 Å². The topological polar surface area (TPSA) is 172 Å². The number of anilines is 1. The molecule has 182 valence electrons. The molecule has 0 aromatic heterocycles. The first-order chi connectivity index (χ1) is 16.3. The van der Waals surface area contributed by atoms with Gasteiger partial charge in [0.1, 0.15) is 5.75 Å². The second-order valence-corrected chi connectivity index (χ2v) is 8.72. The number of carbonyl (C=O) groups excluding carboxylic acids is 2. The van der Waals surface area contributed by atoms with E-state index in [-0.39, 0.29) is 17.4 Å². The molecule has 0 heterocycles. The Bertz CT molecular complexity index is 1010. The molecule has 1 aliphatic carbocycles. The van der Waals surface area contributed by atoms with Crippen LogP contribution < -0.4 is 33.0 Å². The average molecular weight is 467 g/mol. The Morgan fingerprint density at radius 3 is 2.38 bits per heavy atom. The van der Waals surface area contributed by atoms with Gasteiger partial charge in [-0.1, -0.05) is 44.2 Å². The van der Waals surface area contributed by atoms with Gasteiger partial charge in [-0.2, -0.15) is 0 Å². The van der Waals surface area contributed by atoms with Gasteiger partial charge in [-0.25, -0.2) is 4.99 Å². The van der Waals surface area contributed by atoms with Crippen LogP contribution in [0, 0.1) is 5.92 Å². The van der Waals surface area contributed by atoms with Crippen molar-refractivity contribution in [2.45, 2.75) is 51.0 Å². The third-order valence-electron chi connectivity index (χ3n) is 6.01. The zero-order chi connectivity index (χ0) is 24.5. The first-order valence-corrected chi connectivity index (χ1v) is 11.6. The van der Waals surface area contributed by atoms with E-state index in [1.807, 2.05) is 12.1 Å². The number of nitrogens with two attached hydrogens (primary N) is 4. The van der Waals surface area contributed by atoms with Crippen molar-refractivity contribution in [3.05, 3.63) is 53.6 Å². The van der Waals surface area contributed by atoms with Gasteiger partial charge in [0.25, 0.3) is 5.91 Å². The van der Waals surface area contributed by atoms with Gasteiger partial charge in [0.2, 0.25) is 5.91 Å². The molecule has 2 amide bonds. The molecular weight excluding hydrogens is 432 g/mol. The van der Waals surface area contributed by atoms with Crippen LogP contribution >= 0.6 is 0 Å². The number of nitrogens with zero attached hydrogens (tertiary/aromatic N) is 1. The highest BCUT2D eigenvalue weighted by Crippen LogP contribution is 2.28. The van der Waals surface area contributed by atoms with E-state index in [1.54, 1.807) is 30.3 Å². The molecule has 2 aromatic rings. The van der Waals surface area contributed by atoms with E-state index in [4.69, 9.17) is 27.7 Å². The zero-order valence-electron chi connectivity index (χ0n) is 19.3. The maximum absolute atomic E-state index is 12.7. The van der Waals surface area contributed by atoms with Gasteiger partial charge in [-0.3, -0.25) is 9.59 Å². The third-order valence-corrected chi connectivity index (χ3v) is 6.01. The summed E-state index contributed by atoms with van der Waals surface area (Å²) in [4.78, 5) is 28.4. The first-order valence-electron chi connectivity index (χ1n) is 11.6. The van der Waals surface area contributed by atoms with Gasteiger partial charge < -0.3 is 33.0 Å². The number of hydrogen-bond acceptors (Lipinski definition) is 5. The van der Waals surface area contributed by atoms with Crippen LogP contribution in [0.15, 0.2) is 47.5 Å². The van der Waals surface area contributed by atoms with Crippen LogP contribution in [0.4, 0.5) is 11.4 Å². The summed E-state index contributed by atoms with van der Waals surface area (Å²) in [7, 11) is 0. The monoisotopic (exact) mass is 466 g/mol. The quantitative estimate of drug-likeness (QED) is 0.266. The molecular formula is C25H34N6O3. The fourth-order valence-electron chi connectivity index (χ4n) is 4.17. The van der Waals surface area contributed by atoms with Crippen molar-refractivity contribution in [2.75, 3.05) is 11.9 Å². The molecule has 9 nitrogen and oxygen atoms in total. The van der Waals surface area contributed by atoms with E-state index in [0.717, 1.165) is 12.0 Å². The predicted octanol–water partition coefficient (Wildman–Crippen LogP) is 2.55. The summed E-state index contributed by atoms with van der Waals surface area (Å²) in [6.45, 7) is 0.498. The van der Waals surface area contributed by atoms with Crippen molar-refractivity contribution in [3.63, 3.8) is 0 Å². The lowest BCUT2D eigenvalue weighted by Gasteiger charge is -2.21. The molecule has 3 rings (SSSR count). The molecule has 0 spiro atoms.